The first-order valence-electron chi connectivity index (χ1n) is 6.38. The fraction of sp³-hybridized carbons (Fsp3) is 0.143. The van der Waals surface area contributed by atoms with Crippen LogP contribution in [0.1, 0.15) is 5.56 Å². The van der Waals surface area contributed by atoms with Crippen LogP contribution in [0.4, 0.5) is 15.8 Å². The minimum Gasteiger partial charge on any atom is -0.323 e. The zero-order valence-corrected chi connectivity index (χ0v) is 12.6. The summed E-state index contributed by atoms with van der Waals surface area (Å²) in [4.78, 5) is 34.0. The molecule has 23 heavy (non-hydrogen) atoms. The number of anilines is 1. The standard InChI is InChI=1S/C14H11ClFN3O4/c1-8-4-14(21)18(6-12(8)19(22)23)7-13(20)17-11-3-2-9(16)5-10(11)15/h2-6H,7H2,1H3,(H,17,20). The van der Waals surface area contributed by atoms with Crippen LogP contribution in [-0.4, -0.2) is 15.4 Å². The van der Waals surface area contributed by atoms with Crippen molar-refractivity contribution in [3.63, 3.8) is 0 Å². The normalized spacial score (nSPS) is 10.4. The third-order valence-corrected chi connectivity index (χ3v) is 3.33. The molecule has 0 unspecified atom stereocenters. The van der Waals surface area contributed by atoms with Gasteiger partial charge in [-0.15, -0.1) is 0 Å². The van der Waals surface area contributed by atoms with Gasteiger partial charge in [0.1, 0.15) is 12.4 Å². The Morgan fingerprint density at radius 1 is 1.43 bits per heavy atom. The van der Waals surface area contributed by atoms with Gasteiger partial charge in [0.05, 0.1) is 21.8 Å². The van der Waals surface area contributed by atoms with Gasteiger partial charge in [0.15, 0.2) is 0 Å². The molecule has 0 aliphatic carbocycles. The largest absolute Gasteiger partial charge is 0.323 e. The lowest BCUT2D eigenvalue weighted by Gasteiger charge is -2.09. The molecular formula is C14H11ClFN3O4. The van der Waals surface area contributed by atoms with Crippen molar-refractivity contribution in [2.75, 3.05) is 5.32 Å². The molecule has 0 fully saturated rings. The molecule has 0 aliphatic rings. The van der Waals surface area contributed by atoms with Gasteiger partial charge in [-0.3, -0.25) is 24.3 Å². The number of pyridine rings is 1. The number of benzene rings is 1. The van der Waals surface area contributed by atoms with Crippen LogP contribution in [0, 0.1) is 22.9 Å². The number of amides is 1. The molecule has 9 heteroatoms. The predicted octanol–water partition coefficient (Wildman–Crippen LogP) is 2.50. The second-order valence-corrected chi connectivity index (χ2v) is 5.14. The third-order valence-electron chi connectivity index (χ3n) is 3.02. The molecular weight excluding hydrogens is 329 g/mol. The van der Waals surface area contributed by atoms with E-state index < -0.39 is 28.8 Å². The van der Waals surface area contributed by atoms with E-state index in [1.165, 1.54) is 13.0 Å². The first-order valence-corrected chi connectivity index (χ1v) is 6.76. The van der Waals surface area contributed by atoms with Gasteiger partial charge in [0.25, 0.3) is 11.2 Å². The van der Waals surface area contributed by atoms with E-state index in [-0.39, 0.29) is 22.0 Å². The molecule has 2 rings (SSSR count). The number of carbonyl (C=O) groups is 1. The number of nitro groups is 1. The Balaban J connectivity index is 2.22. The lowest BCUT2D eigenvalue weighted by Crippen LogP contribution is -2.27. The molecule has 1 heterocycles. The van der Waals surface area contributed by atoms with E-state index in [1.54, 1.807) is 0 Å². The minimum atomic E-state index is -0.639. The second kappa shape index (κ2) is 6.57. The van der Waals surface area contributed by atoms with Gasteiger partial charge in [-0.25, -0.2) is 4.39 Å². The lowest BCUT2D eigenvalue weighted by atomic mass is 10.2. The summed E-state index contributed by atoms with van der Waals surface area (Å²) in [6.45, 7) is 0.996. The summed E-state index contributed by atoms with van der Waals surface area (Å²) in [6, 6.07) is 4.50. The van der Waals surface area contributed by atoms with Gasteiger partial charge in [0.2, 0.25) is 5.91 Å². The molecule has 1 aromatic carbocycles. The number of nitrogens with zero attached hydrogens (tertiary/aromatic N) is 2. The number of hydrogen-bond acceptors (Lipinski definition) is 4. The number of nitrogens with one attached hydrogen (secondary N) is 1. The topological polar surface area (TPSA) is 94.2 Å². The van der Waals surface area contributed by atoms with Gasteiger partial charge < -0.3 is 5.32 Å². The van der Waals surface area contributed by atoms with Crippen molar-refractivity contribution in [2.24, 2.45) is 0 Å². The van der Waals surface area contributed by atoms with Gasteiger partial charge in [-0.05, 0) is 25.1 Å². The zero-order valence-electron chi connectivity index (χ0n) is 11.9. The summed E-state index contributed by atoms with van der Waals surface area (Å²) in [5, 5.41) is 13.3. The average Bonchev–Trinajstić information content (AvgIpc) is 2.44. The molecule has 0 bridgehead atoms. The molecule has 120 valence electrons. The molecule has 2 aromatic rings. The van der Waals surface area contributed by atoms with E-state index in [0.717, 1.165) is 29.0 Å². The molecule has 0 radical (unpaired) electrons. The predicted molar refractivity (Wildman–Crippen MR) is 82.1 cm³/mol. The minimum absolute atomic E-state index is 0.000540. The molecule has 0 saturated heterocycles. The van der Waals surface area contributed by atoms with Gasteiger partial charge in [-0.1, -0.05) is 11.6 Å². The number of aromatic nitrogens is 1. The average molecular weight is 340 g/mol. The number of aryl methyl sites for hydroxylation is 1. The Bertz CT molecular complexity index is 850. The van der Waals surface area contributed by atoms with E-state index in [4.69, 9.17) is 11.6 Å². The van der Waals surface area contributed by atoms with Gasteiger partial charge in [-0.2, -0.15) is 0 Å². The zero-order chi connectivity index (χ0) is 17.1. The monoisotopic (exact) mass is 339 g/mol. The Kier molecular flexibility index (Phi) is 4.75. The van der Waals surface area contributed by atoms with Crippen LogP contribution >= 0.6 is 11.6 Å². The van der Waals surface area contributed by atoms with Crippen molar-refractivity contribution in [1.82, 2.24) is 4.57 Å². The van der Waals surface area contributed by atoms with E-state index in [0.29, 0.717) is 0 Å². The maximum absolute atomic E-state index is 12.9. The second-order valence-electron chi connectivity index (χ2n) is 4.74. The van der Waals surface area contributed by atoms with Gasteiger partial charge in [0, 0.05) is 11.6 Å². The molecule has 0 atom stereocenters. The van der Waals surface area contributed by atoms with Crippen molar-refractivity contribution < 1.29 is 14.1 Å². The highest BCUT2D eigenvalue weighted by atomic mass is 35.5. The summed E-state index contributed by atoms with van der Waals surface area (Å²) >= 11 is 5.78. The number of carbonyl (C=O) groups excluding carboxylic acids is 1. The lowest BCUT2D eigenvalue weighted by molar-refractivity contribution is -0.385. The Hall–Kier alpha value is -2.74. The quantitative estimate of drug-likeness (QED) is 0.684. The Morgan fingerprint density at radius 3 is 2.74 bits per heavy atom. The summed E-state index contributed by atoms with van der Waals surface area (Å²) in [5.74, 6) is -1.18. The highest BCUT2D eigenvalue weighted by molar-refractivity contribution is 6.33. The fourth-order valence-electron chi connectivity index (χ4n) is 1.91. The number of hydrogen-bond donors (Lipinski definition) is 1. The van der Waals surface area contributed by atoms with Crippen molar-refractivity contribution >= 4 is 28.9 Å². The van der Waals surface area contributed by atoms with Crippen LogP contribution in [-0.2, 0) is 11.3 Å². The van der Waals surface area contributed by atoms with Crippen LogP contribution in [0.3, 0.4) is 0 Å². The summed E-state index contributed by atoms with van der Waals surface area (Å²) in [5.41, 5.74) is -0.434. The fourth-order valence-corrected chi connectivity index (χ4v) is 2.12. The van der Waals surface area contributed by atoms with Crippen molar-refractivity contribution in [3.05, 3.63) is 67.3 Å². The van der Waals surface area contributed by atoms with E-state index in [1.807, 2.05) is 0 Å². The SMILES string of the molecule is Cc1cc(=O)n(CC(=O)Nc2ccc(F)cc2Cl)cc1[N+](=O)[O-]. The Morgan fingerprint density at radius 2 is 2.13 bits per heavy atom. The smallest absolute Gasteiger partial charge is 0.288 e. The van der Waals surface area contributed by atoms with Crippen molar-refractivity contribution in [1.29, 1.82) is 0 Å². The molecule has 1 aromatic heterocycles. The van der Waals surface area contributed by atoms with Crippen LogP contribution in [0.15, 0.2) is 35.3 Å². The maximum atomic E-state index is 12.9. The first-order chi connectivity index (χ1) is 10.8. The third kappa shape index (κ3) is 3.92. The molecule has 7 nitrogen and oxygen atoms in total. The molecule has 1 N–H and O–H groups in total. The van der Waals surface area contributed by atoms with E-state index in [2.05, 4.69) is 5.32 Å². The Labute approximate surface area is 134 Å². The molecule has 1 amide bonds. The molecule has 0 saturated carbocycles. The van der Waals surface area contributed by atoms with E-state index in [9.17, 15) is 24.1 Å². The summed E-state index contributed by atoms with van der Waals surface area (Å²) in [6.07, 6.45) is 1.00. The van der Waals surface area contributed by atoms with E-state index >= 15 is 0 Å². The highest BCUT2D eigenvalue weighted by Crippen LogP contribution is 2.22. The van der Waals surface area contributed by atoms with Crippen molar-refractivity contribution in [2.45, 2.75) is 13.5 Å². The number of rotatable bonds is 4. The summed E-state index contributed by atoms with van der Waals surface area (Å²) < 4.78 is 13.9. The summed E-state index contributed by atoms with van der Waals surface area (Å²) in [7, 11) is 0. The van der Waals surface area contributed by atoms with Crippen molar-refractivity contribution in [3.8, 4) is 0 Å². The van der Waals surface area contributed by atoms with Crippen LogP contribution in [0.25, 0.3) is 0 Å². The first kappa shape index (κ1) is 16.6. The van der Waals surface area contributed by atoms with Crippen LogP contribution in [0.2, 0.25) is 5.02 Å². The van der Waals surface area contributed by atoms with Crippen LogP contribution in [0.5, 0.6) is 0 Å². The molecule has 0 aliphatic heterocycles. The maximum Gasteiger partial charge on any atom is 0.288 e. The molecule has 0 spiro atoms. The number of halogens is 2. The highest BCUT2D eigenvalue weighted by Gasteiger charge is 2.15. The van der Waals surface area contributed by atoms with Crippen LogP contribution < -0.4 is 10.9 Å². The van der Waals surface area contributed by atoms with Gasteiger partial charge >= 0.3 is 0 Å².